The van der Waals surface area contributed by atoms with E-state index in [0.717, 1.165) is 15.4 Å². The SMILES string of the molecule is COc1cc(Cl)c(C)cc1NC(=O)CCc1nc2cc(S(=O)(=O)N(C)C)ccc2n1C. The van der Waals surface area contributed by atoms with Crippen LogP contribution in [-0.4, -0.2) is 49.4 Å². The molecule has 0 fully saturated rings. The first-order valence-electron chi connectivity index (χ1n) is 9.56. The van der Waals surface area contributed by atoms with Crippen LogP contribution in [-0.2, 0) is 28.3 Å². The average molecular weight is 465 g/mol. The molecule has 0 atom stereocenters. The third-order valence-corrected chi connectivity index (χ3v) is 7.27. The third-order valence-electron chi connectivity index (χ3n) is 5.05. The maximum atomic E-state index is 12.5. The molecule has 0 aliphatic carbocycles. The quantitative estimate of drug-likeness (QED) is 0.578. The Balaban J connectivity index is 1.77. The number of sulfonamides is 1. The number of ether oxygens (including phenoxy) is 1. The van der Waals surface area contributed by atoms with Gasteiger partial charge in [-0.15, -0.1) is 0 Å². The Morgan fingerprint density at radius 1 is 1.26 bits per heavy atom. The third kappa shape index (κ3) is 4.68. The summed E-state index contributed by atoms with van der Waals surface area (Å²) in [6.07, 6.45) is 0.590. The molecule has 2 aromatic carbocycles. The van der Waals surface area contributed by atoms with E-state index in [9.17, 15) is 13.2 Å². The number of anilines is 1. The van der Waals surface area contributed by atoms with Crippen molar-refractivity contribution in [2.75, 3.05) is 26.5 Å². The van der Waals surface area contributed by atoms with Gasteiger partial charge in [-0.1, -0.05) is 11.6 Å². The van der Waals surface area contributed by atoms with Crippen molar-refractivity contribution < 1.29 is 17.9 Å². The molecular formula is C21H25ClN4O4S. The number of nitrogens with one attached hydrogen (secondary N) is 1. The number of hydrogen-bond acceptors (Lipinski definition) is 5. The number of benzene rings is 2. The molecule has 0 saturated carbocycles. The summed E-state index contributed by atoms with van der Waals surface area (Å²) in [5, 5.41) is 3.41. The van der Waals surface area contributed by atoms with Gasteiger partial charge in [0.05, 0.1) is 28.7 Å². The van der Waals surface area contributed by atoms with Gasteiger partial charge < -0.3 is 14.6 Å². The summed E-state index contributed by atoms with van der Waals surface area (Å²) in [5.74, 6) is 0.980. The van der Waals surface area contributed by atoms with Crippen LogP contribution in [0.15, 0.2) is 35.2 Å². The normalized spacial score (nSPS) is 11.8. The van der Waals surface area contributed by atoms with Crippen LogP contribution in [0.3, 0.4) is 0 Å². The maximum absolute atomic E-state index is 12.5. The van der Waals surface area contributed by atoms with Crippen molar-refractivity contribution in [3.05, 3.63) is 46.7 Å². The van der Waals surface area contributed by atoms with E-state index in [-0.39, 0.29) is 17.2 Å². The minimum atomic E-state index is -3.55. The van der Waals surface area contributed by atoms with Crippen molar-refractivity contribution in [2.24, 2.45) is 7.05 Å². The molecule has 10 heteroatoms. The molecule has 1 aromatic heterocycles. The highest BCUT2D eigenvalue weighted by molar-refractivity contribution is 7.89. The number of carbonyl (C=O) groups excluding carboxylic acids is 1. The van der Waals surface area contributed by atoms with E-state index in [1.165, 1.54) is 21.2 Å². The van der Waals surface area contributed by atoms with E-state index in [1.807, 2.05) is 18.5 Å². The Morgan fingerprint density at radius 2 is 1.97 bits per heavy atom. The van der Waals surface area contributed by atoms with Crippen molar-refractivity contribution in [2.45, 2.75) is 24.7 Å². The number of hydrogen-bond donors (Lipinski definition) is 1. The lowest BCUT2D eigenvalue weighted by molar-refractivity contribution is -0.116. The molecule has 0 unspecified atom stereocenters. The highest BCUT2D eigenvalue weighted by atomic mass is 35.5. The number of aromatic nitrogens is 2. The predicted octanol–water partition coefficient (Wildman–Crippen LogP) is 3.37. The Morgan fingerprint density at radius 3 is 2.61 bits per heavy atom. The Bertz CT molecular complexity index is 1250. The second kappa shape index (κ2) is 8.86. The van der Waals surface area contributed by atoms with Gasteiger partial charge in [0, 0.05) is 45.1 Å². The highest BCUT2D eigenvalue weighted by Crippen LogP contribution is 2.31. The van der Waals surface area contributed by atoms with Crippen LogP contribution in [0.5, 0.6) is 5.75 Å². The van der Waals surface area contributed by atoms with E-state index >= 15 is 0 Å². The van der Waals surface area contributed by atoms with Crippen LogP contribution in [0.25, 0.3) is 11.0 Å². The van der Waals surface area contributed by atoms with Crippen molar-refractivity contribution in [3.63, 3.8) is 0 Å². The van der Waals surface area contributed by atoms with Gasteiger partial charge in [-0.05, 0) is 36.8 Å². The second-order valence-corrected chi connectivity index (χ2v) is 9.93. The highest BCUT2D eigenvalue weighted by Gasteiger charge is 2.19. The van der Waals surface area contributed by atoms with Gasteiger partial charge in [-0.3, -0.25) is 4.79 Å². The molecule has 0 aliphatic rings. The van der Waals surface area contributed by atoms with E-state index in [4.69, 9.17) is 16.3 Å². The molecule has 1 N–H and O–H groups in total. The first-order valence-corrected chi connectivity index (χ1v) is 11.4. The van der Waals surface area contributed by atoms with Crippen molar-refractivity contribution in [1.82, 2.24) is 13.9 Å². The zero-order valence-electron chi connectivity index (χ0n) is 18.1. The number of nitrogens with zero attached hydrogens (tertiary/aromatic N) is 3. The molecule has 0 saturated heterocycles. The van der Waals surface area contributed by atoms with Gasteiger partial charge in [-0.25, -0.2) is 17.7 Å². The van der Waals surface area contributed by atoms with Crippen LogP contribution >= 0.6 is 11.6 Å². The molecule has 0 aliphatic heterocycles. The lowest BCUT2D eigenvalue weighted by Gasteiger charge is -2.12. The first-order chi connectivity index (χ1) is 14.5. The molecule has 1 amide bonds. The number of halogens is 1. The van der Waals surface area contributed by atoms with Gasteiger partial charge in [0.1, 0.15) is 11.6 Å². The molecule has 31 heavy (non-hydrogen) atoms. The summed E-state index contributed by atoms with van der Waals surface area (Å²) in [7, 11) is 2.78. The number of rotatable bonds is 7. The van der Waals surface area contributed by atoms with E-state index in [2.05, 4.69) is 10.3 Å². The fourth-order valence-electron chi connectivity index (χ4n) is 3.19. The zero-order chi connectivity index (χ0) is 22.9. The lowest BCUT2D eigenvalue weighted by atomic mass is 10.2. The molecule has 1 heterocycles. The second-order valence-electron chi connectivity index (χ2n) is 7.37. The van der Waals surface area contributed by atoms with E-state index < -0.39 is 10.0 Å². The molecule has 3 aromatic rings. The Kier molecular flexibility index (Phi) is 6.59. The Labute approximate surface area is 186 Å². The van der Waals surface area contributed by atoms with Crippen LogP contribution in [0, 0.1) is 6.92 Å². The number of amides is 1. The van der Waals surface area contributed by atoms with Crippen molar-refractivity contribution in [1.29, 1.82) is 0 Å². The molecule has 0 radical (unpaired) electrons. The molecular weight excluding hydrogens is 440 g/mol. The van der Waals surface area contributed by atoms with Crippen LogP contribution in [0.4, 0.5) is 5.69 Å². The smallest absolute Gasteiger partial charge is 0.242 e. The monoisotopic (exact) mass is 464 g/mol. The van der Waals surface area contributed by atoms with Gasteiger partial charge in [0.25, 0.3) is 0 Å². The van der Waals surface area contributed by atoms with Gasteiger partial charge in [-0.2, -0.15) is 0 Å². The van der Waals surface area contributed by atoms with Gasteiger partial charge in [0.2, 0.25) is 15.9 Å². The zero-order valence-corrected chi connectivity index (χ0v) is 19.6. The minimum absolute atomic E-state index is 0.178. The van der Waals surface area contributed by atoms with Gasteiger partial charge in [0.15, 0.2) is 0 Å². The van der Waals surface area contributed by atoms with E-state index in [0.29, 0.717) is 34.2 Å². The average Bonchev–Trinajstić information content (AvgIpc) is 3.04. The largest absolute Gasteiger partial charge is 0.495 e. The molecule has 3 rings (SSSR count). The summed E-state index contributed by atoms with van der Waals surface area (Å²) in [6, 6.07) is 8.27. The van der Waals surface area contributed by atoms with Gasteiger partial charge >= 0.3 is 0 Å². The number of fused-ring (bicyclic) bond motifs is 1. The standard InChI is InChI=1S/C21H25ClN4O4S/c1-13-10-17(19(30-5)12-15(13)22)24-21(27)9-8-20-23-16-11-14(31(28,29)25(2)3)6-7-18(16)26(20)4/h6-7,10-12H,8-9H2,1-5H3,(H,24,27). The Hall–Kier alpha value is -2.62. The summed E-state index contributed by atoms with van der Waals surface area (Å²) in [4.78, 5) is 17.2. The number of imidazole rings is 1. The maximum Gasteiger partial charge on any atom is 0.242 e. The fourth-order valence-corrected chi connectivity index (χ4v) is 4.27. The molecule has 0 bridgehead atoms. The number of aryl methyl sites for hydroxylation is 3. The van der Waals surface area contributed by atoms with Crippen LogP contribution in [0.1, 0.15) is 17.8 Å². The summed E-state index contributed by atoms with van der Waals surface area (Å²) >= 11 is 6.11. The van der Waals surface area contributed by atoms with Crippen LogP contribution < -0.4 is 10.1 Å². The molecule has 0 spiro atoms. The number of methoxy groups -OCH3 is 1. The predicted molar refractivity (Wildman–Crippen MR) is 121 cm³/mol. The van der Waals surface area contributed by atoms with Crippen LogP contribution in [0.2, 0.25) is 5.02 Å². The fraction of sp³-hybridized carbons (Fsp3) is 0.333. The number of carbonyl (C=O) groups is 1. The first kappa shape index (κ1) is 23.1. The van der Waals surface area contributed by atoms with Crippen molar-refractivity contribution in [3.8, 4) is 5.75 Å². The minimum Gasteiger partial charge on any atom is -0.495 e. The topological polar surface area (TPSA) is 93.5 Å². The van der Waals surface area contributed by atoms with Crippen molar-refractivity contribution >= 4 is 44.3 Å². The van der Waals surface area contributed by atoms with E-state index in [1.54, 1.807) is 30.3 Å². The summed E-state index contributed by atoms with van der Waals surface area (Å²) < 4.78 is 33.1. The summed E-state index contributed by atoms with van der Waals surface area (Å²) in [6.45, 7) is 1.85. The lowest BCUT2D eigenvalue weighted by Crippen LogP contribution is -2.22. The summed E-state index contributed by atoms with van der Waals surface area (Å²) in [5.41, 5.74) is 2.74. The molecule has 166 valence electrons. The molecule has 8 nitrogen and oxygen atoms in total.